The summed E-state index contributed by atoms with van der Waals surface area (Å²) in [6, 6.07) is 1.83. The van der Waals surface area contributed by atoms with Crippen LogP contribution in [0.25, 0.3) is 0 Å². The summed E-state index contributed by atoms with van der Waals surface area (Å²) in [5, 5.41) is 0. The van der Waals surface area contributed by atoms with E-state index in [1.54, 1.807) is 6.92 Å². The van der Waals surface area contributed by atoms with E-state index in [0.29, 0.717) is 12.3 Å². The topological polar surface area (TPSA) is 42.1 Å². The molecule has 0 atom stereocenters. The minimum atomic E-state index is -0.273. The molecule has 0 aliphatic heterocycles. The average molecular weight is 181 g/mol. The first kappa shape index (κ1) is 9.84. The highest BCUT2D eigenvalue weighted by molar-refractivity contribution is 5.87. The molecule has 0 saturated carbocycles. The van der Waals surface area contributed by atoms with Crippen LogP contribution in [0.5, 0.6) is 0 Å². The van der Waals surface area contributed by atoms with Crippen molar-refractivity contribution >= 4 is 5.97 Å². The van der Waals surface area contributed by atoms with Crippen LogP contribution in [-0.4, -0.2) is 17.6 Å². The van der Waals surface area contributed by atoms with Gasteiger partial charge in [0, 0.05) is 5.69 Å². The Morgan fingerprint density at radius 3 is 2.69 bits per heavy atom. The zero-order valence-corrected chi connectivity index (χ0v) is 8.31. The van der Waals surface area contributed by atoms with Crippen molar-refractivity contribution in [3.05, 3.63) is 23.0 Å². The number of aromatic amines is 1. The monoisotopic (exact) mass is 181 g/mol. The maximum Gasteiger partial charge on any atom is 0.354 e. The number of ether oxygens (including phenoxy) is 1. The highest BCUT2D eigenvalue weighted by Crippen LogP contribution is 2.11. The maximum atomic E-state index is 11.3. The van der Waals surface area contributed by atoms with Crippen LogP contribution in [0.4, 0.5) is 0 Å². The Balaban J connectivity index is 2.84. The fraction of sp³-hybridized carbons (Fsp3) is 0.500. The highest BCUT2D eigenvalue weighted by atomic mass is 16.5. The summed E-state index contributed by atoms with van der Waals surface area (Å²) in [5.41, 5.74) is 2.77. The quantitative estimate of drug-likeness (QED) is 0.725. The van der Waals surface area contributed by atoms with Gasteiger partial charge in [0.1, 0.15) is 5.69 Å². The molecule has 13 heavy (non-hydrogen) atoms. The van der Waals surface area contributed by atoms with Gasteiger partial charge in [-0.2, -0.15) is 0 Å². The van der Waals surface area contributed by atoms with Gasteiger partial charge in [-0.1, -0.05) is 6.92 Å². The first-order valence-corrected chi connectivity index (χ1v) is 4.54. The molecule has 0 bridgehead atoms. The molecule has 0 amide bonds. The van der Waals surface area contributed by atoms with E-state index in [9.17, 15) is 4.79 Å². The van der Waals surface area contributed by atoms with Gasteiger partial charge in [0.15, 0.2) is 0 Å². The van der Waals surface area contributed by atoms with Crippen molar-refractivity contribution in [2.45, 2.75) is 27.2 Å². The van der Waals surface area contributed by atoms with Gasteiger partial charge in [0.05, 0.1) is 6.61 Å². The zero-order chi connectivity index (χ0) is 9.84. The molecular weight excluding hydrogens is 166 g/mol. The Kier molecular flexibility index (Phi) is 3.12. The third-order valence-corrected chi connectivity index (χ3v) is 1.97. The predicted molar refractivity (Wildman–Crippen MR) is 50.9 cm³/mol. The number of rotatable bonds is 3. The Morgan fingerprint density at radius 1 is 1.54 bits per heavy atom. The van der Waals surface area contributed by atoms with Crippen LogP contribution in [0.15, 0.2) is 6.07 Å². The molecule has 1 heterocycles. The van der Waals surface area contributed by atoms with E-state index < -0.39 is 0 Å². The van der Waals surface area contributed by atoms with Crippen molar-refractivity contribution in [3.63, 3.8) is 0 Å². The summed E-state index contributed by atoms with van der Waals surface area (Å²) in [7, 11) is 0. The number of carbonyl (C=O) groups excluding carboxylic acids is 1. The van der Waals surface area contributed by atoms with E-state index in [4.69, 9.17) is 4.74 Å². The van der Waals surface area contributed by atoms with E-state index >= 15 is 0 Å². The van der Waals surface area contributed by atoms with Gasteiger partial charge in [0.25, 0.3) is 0 Å². The van der Waals surface area contributed by atoms with Crippen LogP contribution in [0.2, 0.25) is 0 Å². The van der Waals surface area contributed by atoms with Gasteiger partial charge in [0.2, 0.25) is 0 Å². The molecule has 0 aromatic carbocycles. The lowest BCUT2D eigenvalue weighted by molar-refractivity contribution is 0.0520. The predicted octanol–water partition coefficient (Wildman–Crippen LogP) is 2.06. The minimum Gasteiger partial charge on any atom is -0.461 e. The van der Waals surface area contributed by atoms with E-state index in [1.165, 1.54) is 0 Å². The second-order valence-electron chi connectivity index (χ2n) is 2.92. The van der Waals surface area contributed by atoms with Gasteiger partial charge >= 0.3 is 5.97 Å². The van der Waals surface area contributed by atoms with E-state index in [1.807, 2.05) is 19.9 Å². The lowest BCUT2D eigenvalue weighted by atomic mass is 10.2. The molecule has 72 valence electrons. The lowest BCUT2D eigenvalue weighted by Crippen LogP contribution is -2.04. The van der Waals surface area contributed by atoms with Crippen molar-refractivity contribution in [2.24, 2.45) is 0 Å². The number of hydrogen-bond acceptors (Lipinski definition) is 2. The number of esters is 1. The molecule has 0 aliphatic carbocycles. The normalized spacial score (nSPS) is 10.1. The van der Waals surface area contributed by atoms with Gasteiger partial charge in [-0.3, -0.25) is 0 Å². The Morgan fingerprint density at radius 2 is 2.23 bits per heavy atom. The average Bonchev–Trinajstić information content (AvgIpc) is 2.47. The molecular formula is C10H15NO2. The molecule has 3 heteroatoms. The molecule has 0 fully saturated rings. The van der Waals surface area contributed by atoms with E-state index in [0.717, 1.165) is 17.7 Å². The second-order valence-corrected chi connectivity index (χ2v) is 2.92. The molecule has 1 aromatic rings. The van der Waals surface area contributed by atoms with Crippen LogP contribution < -0.4 is 0 Å². The van der Waals surface area contributed by atoms with Crippen LogP contribution in [0.3, 0.4) is 0 Å². The second kappa shape index (κ2) is 4.12. The summed E-state index contributed by atoms with van der Waals surface area (Å²) >= 11 is 0. The molecule has 1 N–H and O–H groups in total. The van der Waals surface area contributed by atoms with E-state index in [-0.39, 0.29) is 5.97 Å². The van der Waals surface area contributed by atoms with Crippen LogP contribution in [0, 0.1) is 6.92 Å². The largest absolute Gasteiger partial charge is 0.461 e. The number of aryl methyl sites for hydroxylation is 2. The molecule has 1 rings (SSSR count). The Hall–Kier alpha value is -1.25. The number of hydrogen-bond donors (Lipinski definition) is 1. The smallest absolute Gasteiger partial charge is 0.354 e. The van der Waals surface area contributed by atoms with Gasteiger partial charge in [-0.15, -0.1) is 0 Å². The third-order valence-electron chi connectivity index (χ3n) is 1.97. The molecule has 0 radical (unpaired) electrons. The number of aromatic nitrogens is 1. The number of carbonyl (C=O) groups is 1. The SMILES string of the molecule is CCOC(=O)c1cc(C)c(CC)[nH]1. The van der Waals surface area contributed by atoms with Crippen molar-refractivity contribution < 1.29 is 9.53 Å². The lowest BCUT2D eigenvalue weighted by Gasteiger charge is -1.97. The fourth-order valence-electron chi connectivity index (χ4n) is 1.29. The van der Waals surface area contributed by atoms with Crippen molar-refractivity contribution in [2.75, 3.05) is 6.61 Å². The van der Waals surface area contributed by atoms with Crippen molar-refractivity contribution in [1.82, 2.24) is 4.98 Å². The summed E-state index contributed by atoms with van der Waals surface area (Å²) in [6.45, 7) is 6.25. The van der Waals surface area contributed by atoms with Crippen LogP contribution in [0.1, 0.15) is 35.6 Å². The van der Waals surface area contributed by atoms with Gasteiger partial charge in [-0.25, -0.2) is 4.79 Å². The molecule has 3 nitrogen and oxygen atoms in total. The zero-order valence-electron chi connectivity index (χ0n) is 8.31. The van der Waals surface area contributed by atoms with Crippen molar-refractivity contribution in [1.29, 1.82) is 0 Å². The Bertz CT molecular complexity index is 302. The van der Waals surface area contributed by atoms with Gasteiger partial charge < -0.3 is 9.72 Å². The van der Waals surface area contributed by atoms with Gasteiger partial charge in [-0.05, 0) is 31.9 Å². The number of nitrogens with one attached hydrogen (secondary N) is 1. The first-order valence-electron chi connectivity index (χ1n) is 4.54. The van der Waals surface area contributed by atoms with E-state index in [2.05, 4.69) is 4.98 Å². The standard InChI is InChI=1S/C10H15NO2/c1-4-8-7(3)6-9(11-8)10(12)13-5-2/h6,11H,4-5H2,1-3H3. The maximum absolute atomic E-state index is 11.3. The fourth-order valence-corrected chi connectivity index (χ4v) is 1.29. The number of H-pyrrole nitrogens is 1. The summed E-state index contributed by atoms with van der Waals surface area (Å²) in [5.74, 6) is -0.273. The third kappa shape index (κ3) is 2.11. The molecule has 0 unspecified atom stereocenters. The molecule has 0 spiro atoms. The summed E-state index contributed by atoms with van der Waals surface area (Å²) < 4.78 is 4.87. The Labute approximate surface area is 78.1 Å². The van der Waals surface area contributed by atoms with Crippen LogP contribution in [-0.2, 0) is 11.2 Å². The summed E-state index contributed by atoms with van der Waals surface area (Å²) in [6.07, 6.45) is 0.908. The first-order chi connectivity index (χ1) is 6.19. The summed E-state index contributed by atoms with van der Waals surface area (Å²) in [4.78, 5) is 14.3. The molecule has 0 saturated heterocycles. The molecule has 1 aromatic heterocycles. The van der Waals surface area contributed by atoms with Crippen LogP contribution >= 0.6 is 0 Å². The van der Waals surface area contributed by atoms with Crippen molar-refractivity contribution in [3.8, 4) is 0 Å². The molecule has 0 aliphatic rings. The minimum absolute atomic E-state index is 0.273. The highest BCUT2D eigenvalue weighted by Gasteiger charge is 2.10.